The van der Waals surface area contributed by atoms with E-state index in [2.05, 4.69) is 15.2 Å². The Hall–Kier alpha value is -2.47. The quantitative estimate of drug-likeness (QED) is 0.643. The smallest absolute Gasteiger partial charge is 0.195 e. The van der Waals surface area contributed by atoms with Gasteiger partial charge in [0.05, 0.1) is 5.69 Å². The first kappa shape index (κ1) is 15.4. The fraction of sp³-hybridized carbons (Fsp3) is 0.0625. The molecular formula is C16H9ClF3N3. The highest BCUT2D eigenvalue weighted by Gasteiger charge is 2.22. The molecular weight excluding hydrogens is 327 g/mol. The molecule has 0 bridgehead atoms. The molecule has 0 aliphatic carbocycles. The molecule has 0 aliphatic heterocycles. The van der Waals surface area contributed by atoms with Crippen molar-refractivity contribution in [2.45, 2.75) is 6.92 Å². The van der Waals surface area contributed by atoms with Crippen LogP contribution in [0, 0.1) is 24.4 Å². The lowest BCUT2D eigenvalue weighted by molar-refractivity contribution is 0.449. The third-order valence-electron chi connectivity index (χ3n) is 3.36. The molecule has 2 aromatic heterocycles. The van der Waals surface area contributed by atoms with Gasteiger partial charge in [-0.2, -0.15) is 5.10 Å². The minimum absolute atomic E-state index is 0.112. The summed E-state index contributed by atoms with van der Waals surface area (Å²) in [6.07, 6.45) is 3.12. The first-order valence-corrected chi connectivity index (χ1v) is 6.95. The zero-order chi connectivity index (χ0) is 16.6. The van der Waals surface area contributed by atoms with Crippen molar-refractivity contribution in [1.82, 2.24) is 15.2 Å². The van der Waals surface area contributed by atoms with Crippen LogP contribution >= 0.6 is 11.6 Å². The molecule has 0 radical (unpaired) electrons. The van der Waals surface area contributed by atoms with Gasteiger partial charge in [0.25, 0.3) is 0 Å². The van der Waals surface area contributed by atoms with Gasteiger partial charge in [0.15, 0.2) is 22.6 Å². The Balaban J connectivity index is 2.37. The predicted molar refractivity (Wildman–Crippen MR) is 80.3 cm³/mol. The molecule has 0 aliphatic rings. The Labute approximate surface area is 134 Å². The van der Waals surface area contributed by atoms with Crippen molar-refractivity contribution in [3.63, 3.8) is 0 Å². The monoisotopic (exact) mass is 335 g/mol. The van der Waals surface area contributed by atoms with Crippen molar-refractivity contribution >= 4 is 11.6 Å². The molecule has 0 amide bonds. The van der Waals surface area contributed by atoms with E-state index in [1.807, 2.05) is 0 Å². The lowest BCUT2D eigenvalue weighted by Crippen LogP contribution is -2.01. The number of benzene rings is 1. The van der Waals surface area contributed by atoms with Crippen LogP contribution in [0.1, 0.15) is 5.69 Å². The summed E-state index contributed by atoms with van der Waals surface area (Å²) < 4.78 is 41.0. The van der Waals surface area contributed by atoms with Crippen molar-refractivity contribution < 1.29 is 13.2 Å². The van der Waals surface area contributed by atoms with Gasteiger partial charge in [0, 0.05) is 34.6 Å². The molecule has 7 heteroatoms. The summed E-state index contributed by atoms with van der Waals surface area (Å²) in [7, 11) is 0. The van der Waals surface area contributed by atoms with Crippen LogP contribution in [-0.4, -0.2) is 15.2 Å². The second-order valence-electron chi connectivity index (χ2n) is 4.79. The maximum absolute atomic E-state index is 14.2. The lowest BCUT2D eigenvalue weighted by atomic mass is 9.95. The fourth-order valence-electron chi connectivity index (χ4n) is 2.33. The van der Waals surface area contributed by atoms with Crippen molar-refractivity contribution in [1.29, 1.82) is 0 Å². The molecule has 3 rings (SSSR count). The molecule has 0 saturated carbocycles. The Kier molecular flexibility index (Phi) is 4.00. The standard InChI is InChI=1S/C16H9ClF3N3/c1-8-12(9-3-2-6-21-7-9)13(16(17)23-22-8)10-4-5-11(18)15(20)14(10)19/h2-7H,1H3. The fourth-order valence-corrected chi connectivity index (χ4v) is 2.57. The Morgan fingerprint density at radius 1 is 0.957 bits per heavy atom. The number of hydrogen-bond donors (Lipinski definition) is 0. The van der Waals surface area contributed by atoms with E-state index in [9.17, 15) is 13.2 Å². The minimum Gasteiger partial charge on any atom is -0.264 e. The predicted octanol–water partition coefficient (Wildman–Crippen LogP) is 4.58. The summed E-state index contributed by atoms with van der Waals surface area (Å²) in [6, 6.07) is 5.38. The molecule has 3 nitrogen and oxygen atoms in total. The van der Waals surface area contributed by atoms with Crippen molar-refractivity contribution in [2.24, 2.45) is 0 Å². The summed E-state index contributed by atoms with van der Waals surface area (Å²) in [4.78, 5) is 4.00. The molecule has 0 spiro atoms. The third kappa shape index (κ3) is 2.66. The van der Waals surface area contributed by atoms with E-state index < -0.39 is 17.5 Å². The minimum atomic E-state index is -1.56. The van der Waals surface area contributed by atoms with E-state index in [0.29, 0.717) is 16.8 Å². The normalized spacial score (nSPS) is 10.8. The number of rotatable bonds is 2. The number of pyridine rings is 1. The maximum atomic E-state index is 14.2. The zero-order valence-corrected chi connectivity index (χ0v) is 12.6. The van der Waals surface area contributed by atoms with Gasteiger partial charge < -0.3 is 0 Å². The largest absolute Gasteiger partial charge is 0.264 e. The Bertz CT molecular complexity index is 885. The van der Waals surface area contributed by atoms with E-state index in [1.54, 1.807) is 31.5 Å². The van der Waals surface area contributed by atoms with E-state index in [0.717, 1.165) is 12.1 Å². The molecule has 0 fully saturated rings. The second kappa shape index (κ2) is 5.96. The highest BCUT2D eigenvalue weighted by atomic mass is 35.5. The maximum Gasteiger partial charge on any atom is 0.195 e. The van der Waals surface area contributed by atoms with Gasteiger partial charge in [-0.25, -0.2) is 13.2 Å². The van der Waals surface area contributed by atoms with E-state index in [4.69, 9.17) is 11.6 Å². The molecule has 3 aromatic rings. The molecule has 0 N–H and O–H groups in total. The van der Waals surface area contributed by atoms with Crippen LogP contribution in [0.5, 0.6) is 0 Å². The van der Waals surface area contributed by atoms with Gasteiger partial charge >= 0.3 is 0 Å². The molecule has 116 valence electrons. The highest BCUT2D eigenvalue weighted by Crippen LogP contribution is 2.39. The topological polar surface area (TPSA) is 38.7 Å². The van der Waals surface area contributed by atoms with Gasteiger partial charge in [0.1, 0.15) is 0 Å². The molecule has 0 saturated heterocycles. The van der Waals surface area contributed by atoms with Crippen LogP contribution in [0.15, 0.2) is 36.7 Å². The van der Waals surface area contributed by atoms with Crippen molar-refractivity contribution in [2.75, 3.05) is 0 Å². The molecule has 1 aromatic carbocycles. The summed E-state index contributed by atoms with van der Waals surface area (Å²) in [5, 5.41) is 7.55. The average molecular weight is 336 g/mol. The van der Waals surface area contributed by atoms with Crippen LogP contribution < -0.4 is 0 Å². The first-order chi connectivity index (χ1) is 11.0. The Morgan fingerprint density at radius 2 is 1.74 bits per heavy atom. The second-order valence-corrected chi connectivity index (χ2v) is 5.15. The molecule has 2 heterocycles. The van der Waals surface area contributed by atoms with E-state index >= 15 is 0 Å². The van der Waals surface area contributed by atoms with Crippen LogP contribution in [0.2, 0.25) is 5.15 Å². The van der Waals surface area contributed by atoms with Gasteiger partial charge in [-0.3, -0.25) is 4.98 Å². The van der Waals surface area contributed by atoms with Crippen molar-refractivity contribution in [3.05, 3.63) is 65.0 Å². The van der Waals surface area contributed by atoms with E-state index in [-0.39, 0.29) is 16.3 Å². The molecule has 0 atom stereocenters. The SMILES string of the molecule is Cc1nnc(Cl)c(-c2ccc(F)c(F)c2F)c1-c1cccnc1. The summed E-state index contributed by atoms with van der Waals surface area (Å²) in [5.74, 6) is -4.17. The van der Waals surface area contributed by atoms with Gasteiger partial charge in [-0.1, -0.05) is 17.7 Å². The number of hydrogen-bond acceptors (Lipinski definition) is 3. The molecule has 0 unspecified atom stereocenters. The number of aromatic nitrogens is 3. The average Bonchev–Trinajstić information content (AvgIpc) is 2.56. The van der Waals surface area contributed by atoms with Crippen molar-refractivity contribution in [3.8, 4) is 22.3 Å². The first-order valence-electron chi connectivity index (χ1n) is 6.57. The Morgan fingerprint density at radius 3 is 2.43 bits per heavy atom. The number of aryl methyl sites for hydroxylation is 1. The zero-order valence-electron chi connectivity index (χ0n) is 11.8. The van der Waals surface area contributed by atoms with Gasteiger partial charge in [0.2, 0.25) is 0 Å². The van der Waals surface area contributed by atoms with Crippen LogP contribution in [-0.2, 0) is 0 Å². The van der Waals surface area contributed by atoms with Gasteiger partial charge in [-0.05, 0) is 25.1 Å². The molecule has 23 heavy (non-hydrogen) atoms. The number of halogens is 4. The van der Waals surface area contributed by atoms with Crippen LogP contribution in [0.25, 0.3) is 22.3 Å². The van der Waals surface area contributed by atoms with Crippen LogP contribution in [0.3, 0.4) is 0 Å². The number of nitrogens with zero attached hydrogens (tertiary/aromatic N) is 3. The van der Waals surface area contributed by atoms with Gasteiger partial charge in [-0.15, -0.1) is 5.10 Å². The lowest BCUT2D eigenvalue weighted by Gasteiger charge is -2.14. The highest BCUT2D eigenvalue weighted by molar-refractivity contribution is 6.32. The van der Waals surface area contributed by atoms with Crippen LogP contribution in [0.4, 0.5) is 13.2 Å². The summed E-state index contributed by atoms with van der Waals surface area (Å²) in [5.41, 5.74) is 1.49. The summed E-state index contributed by atoms with van der Waals surface area (Å²) >= 11 is 6.07. The van der Waals surface area contributed by atoms with E-state index in [1.165, 1.54) is 0 Å². The third-order valence-corrected chi connectivity index (χ3v) is 3.63. The summed E-state index contributed by atoms with van der Waals surface area (Å²) in [6.45, 7) is 1.66.